The van der Waals surface area contributed by atoms with Crippen molar-refractivity contribution in [2.24, 2.45) is 0 Å². The topological polar surface area (TPSA) is 61.4 Å². The molecule has 1 atom stereocenters. The minimum absolute atomic E-state index is 0.0501. The fraction of sp³-hybridized carbons (Fsp3) is 0.263. The fourth-order valence-electron chi connectivity index (χ4n) is 2.57. The van der Waals surface area contributed by atoms with Crippen molar-refractivity contribution in [3.8, 4) is 0 Å². The van der Waals surface area contributed by atoms with Crippen molar-refractivity contribution in [2.75, 3.05) is 17.7 Å². The smallest absolute Gasteiger partial charge is 0.326 e. The second-order valence-electron chi connectivity index (χ2n) is 6.18. The van der Waals surface area contributed by atoms with E-state index in [0.717, 1.165) is 17.0 Å². The Labute approximate surface area is 159 Å². The molecule has 1 unspecified atom stereocenters. The fourth-order valence-corrected chi connectivity index (χ4v) is 2.57. The minimum atomic E-state index is -4.76. The Balaban J connectivity index is 2.27. The van der Waals surface area contributed by atoms with Crippen molar-refractivity contribution < 1.29 is 27.2 Å². The van der Waals surface area contributed by atoms with Crippen molar-refractivity contribution in [1.82, 2.24) is 4.90 Å². The maximum absolute atomic E-state index is 13.9. The second kappa shape index (κ2) is 8.28. The highest BCUT2D eigenvalue weighted by molar-refractivity contribution is 5.92. The Morgan fingerprint density at radius 1 is 1.07 bits per heavy atom. The maximum atomic E-state index is 13.9. The number of alkyl halides is 3. The van der Waals surface area contributed by atoms with Gasteiger partial charge in [0.1, 0.15) is 5.82 Å². The number of hydrogen-bond donors (Lipinski definition) is 2. The lowest BCUT2D eigenvalue weighted by Gasteiger charge is -2.26. The minimum Gasteiger partial charge on any atom is -0.326 e. The van der Waals surface area contributed by atoms with E-state index in [-0.39, 0.29) is 11.3 Å². The van der Waals surface area contributed by atoms with Gasteiger partial charge in [-0.15, -0.1) is 0 Å². The van der Waals surface area contributed by atoms with E-state index in [4.69, 9.17) is 0 Å². The molecule has 2 N–H and O–H groups in total. The number of anilines is 2. The maximum Gasteiger partial charge on any atom is 0.418 e. The molecule has 2 rings (SSSR count). The quantitative estimate of drug-likeness (QED) is 0.711. The van der Waals surface area contributed by atoms with Crippen LogP contribution >= 0.6 is 0 Å². The van der Waals surface area contributed by atoms with E-state index in [0.29, 0.717) is 0 Å². The SMILES string of the molecule is CC(=O)Nc1ccc(NC(=O)N(C)C(C)c2ccccc2F)c(C(F)(F)F)c1. The molecule has 150 valence electrons. The molecule has 0 saturated heterocycles. The first-order chi connectivity index (χ1) is 13.0. The van der Waals surface area contributed by atoms with Gasteiger partial charge >= 0.3 is 12.2 Å². The lowest BCUT2D eigenvalue weighted by Crippen LogP contribution is -2.34. The molecular weight excluding hydrogens is 378 g/mol. The van der Waals surface area contributed by atoms with E-state index in [2.05, 4.69) is 10.6 Å². The van der Waals surface area contributed by atoms with Crippen molar-refractivity contribution in [3.05, 3.63) is 59.4 Å². The normalized spacial score (nSPS) is 12.2. The third-order valence-electron chi connectivity index (χ3n) is 4.14. The van der Waals surface area contributed by atoms with Crippen LogP contribution in [0.25, 0.3) is 0 Å². The van der Waals surface area contributed by atoms with Gasteiger partial charge in [-0.3, -0.25) is 4.79 Å². The third kappa shape index (κ3) is 4.99. The highest BCUT2D eigenvalue weighted by Crippen LogP contribution is 2.37. The van der Waals surface area contributed by atoms with Crippen LogP contribution in [0.2, 0.25) is 0 Å². The molecule has 5 nitrogen and oxygen atoms in total. The lowest BCUT2D eigenvalue weighted by molar-refractivity contribution is -0.137. The average Bonchev–Trinajstić information content (AvgIpc) is 2.60. The Bertz CT molecular complexity index is 884. The van der Waals surface area contributed by atoms with E-state index < -0.39 is 41.2 Å². The van der Waals surface area contributed by atoms with Gasteiger partial charge in [-0.1, -0.05) is 18.2 Å². The Hall–Kier alpha value is -3.10. The van der Waals surface area contributed by atoms with E-state index in [1.807, 2.05) is 0 Å². The number of halogens is 4. The van der Waals surface area contributed by atoms with Crippen LogP contribution in [-0.2, 0) is 11.0 Å². The van der Waals surface area contributed by atoms with Crippen molar-refractivity contribution in [1.29, 1.82) is 0 Å². The first-order valence-corrected chi connectivity index (χ1v) is 8.27. The van der Waals surface area contributed by atoms with Gasteiger partial charge < -0.3 is 15.5 Å². The molecule has 0 heterocycles. The zero-order chi connectivity index (χ0) is 21.1. The van der Waals surface area contributed by atoms with Crippen LogP contribution in [-0.4, -0.2) is 23.9 Å². The largest absolute Gasteiger partial charge is 0.418 e. The van der Waals surface area contributed by atoms with Crippen LogP contribution in [0, 0.1) is 5.82 Å². The van der Waals surface area contributed by atoms with Gasteiger partial charge in [0.25, 0.3) is 0 Å². The summed E-state index contributed by atoms with van der Waals surface area (Å²) in [6.07, 6.45) is -4.76. The number of benzene rings is 2. The molecule has 0 fully saturated rings. The molecule has 0 radical (unpaired) electrons. The van der Waals surface area contributed by atoms with Gasteiger partial charge in [0.2, 0.25) is 5.91 Å². The number of nitrogens with zero attached hydrogens (tertiary/aromatic N) is 1. The van der Waals surface area contributed by atoms with Crippen molar-refractivity contribution in [3.63, 3.8) is 0 Å². The summed E-state index contributed by atoms with van der Waals surface area (Å²) in [5.41, 5.74) is -1.40. The van der Waals surface area contributed by atoms with Gasteiger partial charge in [0.05, 0.1) is 17.3 Å². The number of rotatable bonds is 4. The average molecular weight is 397 g/mol. The predicted molar refractivity (Wildman–Crippen MR) is 97.3 cm³/mol. The Morgan fingerprint density at radius 2 is 1.71 bits per heavy atom. The zero-order valence-corrected chi connectivity index (χ0v) is 15.4. The van der Waals surface area contributed by atoms with Crippen LogP contribution in [0.3, 0.4) is 0 Å². The standard InChI is InChI=1S/C19H19F4N3O2/c1-11(14-6-4-5-7-16(14)20)26(3)18(28)25-17-9-8-13(24-12(2)27)10-15(17)19(21,22)23/h4-11H,1-3H3,(H,24,27)(H,25,28). The number of carbonyl (C=O) groups excluding carboxylic acids is 2. The van der Waals surface area contributed by atoms with E-state index in [1.165, 1.54) is 38.2 Å². The first kappa shape index (κ1) is 21.2. The molecule has 3 amide bonds. The molecule has 0 saturated carbocycles. The zero-order valence-electron chi connectivity index (χ0n) is 15.4. The summed E-state index contributed by atoms with van der Waals surface area (Å²) >= 11 is 0. The molecule has 28 heavy (non-hydrogen) atoms. The lowest BCUT2D eigenvalue weighted by atomic mass is 10.1. The summed E-state index contributed by atoms with van der Waals surface area (Å²) < 4.78 is 54.0. The van der Waals surface area contributed by atoms with Crippen LogP contribution in [0.1, 0.15) is 31.0 Å². The number of carbonyl (C=O) groups is 2. The van der Waals surface area contributed by atoms with Crippen LogP contribution in [0.5, 0.6) is 0 Å². The molecule has 0 aliphatic rings. The highest BCUT2D eigenvalue weighted by atomic mass is 19.4. The van der Waals surface area contributed by atoms with Gasteiger partial charge in [-0.05, 0) is 31.2 Å². The molecule has 0 spiro atoms. The first-order valence-electron chi connectivity index (χ1n) is 8.27. The molecule has 0 aliphatic heterocycles. The van der Waals surface area contributed by atoms with E-state index in [9.17, 15) is 27.2 Å². The van der Waals surface area contributed by atoms with Gasteiger partial charge in [0, 0.05) is 25.2 Å². The predicted octanol–water partition coefficient (Wildman–Crippen LogP) is 5.03. The number of hydrogen-bond acceptors (Lipinski definition) is 2. The molecule has 0 aromatic heterocycles. The number of nitrogens with one attached hydrogen (secondary N) is 2. The highest BCUT2D eigenvalue weighted by Gasteiger charge is 2.35. The molecule has 0 bridgehead atoms. The second-order valence-corrected chi connectivity index (χ2v) is 6.18. The monoisotopic (exact) mass is 397 g/mol. The Morgan fingerprint density at radius 3 is 2.29 bits per heavy atom. The summed E-state index contributed by atoms with van der Waals surface area (Å²) in [6.45, 7) is 2.73. The van der Waals surface area contributed by atoms with Gasteiger partial charge in [-0.2, -0.15) is 13.2 Å². The summed E-state index contributed by atoms with van der Waals surface area (Å²) in [5, 5.41) is 4.46. The molecular formula is C19H19F4N3O2. The molecule has 9 heteroatoms. The van der Waals surface area contributed by atoms with Gasteiger partial charge in [0.15, 0.2) is 0 Å². The molecule has 2 aromatic carbocycles. The van der Waals surface area contributed by atoms with Crippen LogP contribution in [0.15, 0.2) is 42.5 Å². The number of amides is 3. The summed E-state index contributed by atoms with van der Waals surface area (Å²) in [7, 11) is 1.35. The van der Waals surface area contributed by atoms with Gasteiger partial charge in [-0.25, -0.2) is 9.18 Å². The van der Waals surface area contributed by atoms with E-state index in [1.54, 1.807) is 13.0 Å². The summed E-state index contributed by atoms with van der Waals surface area (Å²) in [4.78, 5) is 24.6. The third-order valence-corrected chi connectivity index (χ3v) is 4.14. The molecule has 2 aromatic rings. The summed E-state index contributed by atoms with van der Waals surface area (Å²) in [5.74, 6) is -1.05. The Kier molecular flexibility index (Phi) is 6.27. The molecule has 0 aliphatic carbocycles. The van der Waals surface area contributed by atoms with Crippen molar-refractivity contribution >= 4 is 23.3 Å². The van der Waals surface area contributed by atoms with Crippen LogP contribution in [0.4, 0.5) is 33.7 Å². The van der Waals surface area contributed by atoms with E-state index >= 15 is 0 Å². The van der Waals surface area contributed by atoms with Crippen LogP contribution < -0.4 is 10.6 Å². The number of urea groups is 1. The van der Waals surface area contributed by atoms with Crippen molar-refractivity contribution in [2.45, 2.75) is 26.1 Å². The summed E-state index contributed by atoms with van der Waals surface area (Å²) in [6, 6.07) is 7.30.